The van der Waals surface area contributed by atoms with Crippen LogP contribution in [0.25, 0.3) is 0 Å². The summed E-state index contributed by atoms with van der Waals surface area (Å²) in [5.41, 5.74) is 0. The zero-order valence-corrected chi connectivity index (χ0v) is 12.0. The maximum absolute atomic E-state index is 10.5. The third-order valence-corrected chi connectivity index (χ3v) is 2.60. The zero-order valence-electron chi connectivity index (χ0n) is 12.0. The summed E-state index contributed by atoms with van der Waals surface area (Å²) in [4.78, 5) is 10.5. The van der Waals surface area contributed by atoms with E-state index in [1.54, 1.807) is 0 Å². The van der Waals surface area contributed by atoms with Gasteiger partial charge in [0.15, 0.2) is 0 Å². The highest BCUT2D eigenvalue weighted by molar-refractivity contribution is 5.65. The molecule has 0 saturated carbocycles. The Bertz CT molecular complexity index is 241. The van der Waals surface area contributed by atoms with Crippen LogP contribution in [0.15, 0.2) is 24.3 Å². The van der Waals surface area contributed by atoms with Crippen molar-refractivity contribution < 1.29 is 9.53 Å². The Labute approximate surface area is 112 Å². The van der Waals surface area contributed by atoms with Crippen LogP contribution >= 0.6 is 0 Å². The van der Waals surface area contributed by atoms with Gasteiger partial charge in [0.05, 0.1) is 6.61 Å². The number of carbonyl (C=O) groups excluding carboxylic acids is 1. The van der Waals surface area contributed by atoms with Crippen LogP contribution in [0, 0.1) is 0 Å². The minimum atomic E-state index is -0.185. The monoisotopic (exact) mass is 252 g/mol. The molecule has 0 unspecified atom stereocenters. The van der Waals surface area contributed by atoms with Crippen molar-refractivity contribution in [3.8, 4) is 0 Å². The van der Waals surface area contributed by atoms with Crippen molar-refractivity contribution in [2.45, 2.75) is 65.2 Å². The SMILES string of the molecule is CCCC=CCCCCC=CCCCOC(C)=O. The molecule has 0 saturated heterocycles. The van der Waals surface area contributed by atoms with Gasteiger partial charge in [-0.3, -0.25) is 4.79 Å². The van der Waals surface area contributed by atoms with Crippen molar-refractivity contribution in [2.75, 3.05) is 6.61 Å². The van der Waals surface area contributed by atoms with E-state index in [0.717, 1.165) is 19.3 Å². The van der Waals surface area contributed by atoms with Crippen molar-refractivity contribution >= 4 is 5.97 Å². The second-order valence-electron chi connectivity index (χ2n) is 4.50. The molecular formula is C16H28O2. The van der Waals surface area contributed by atoms with Gasteiger partial charge in [0.1, 0.15) is 0 Å². The molecule has 0 aromatic rings. The molecular weight excluding hydrogens is 224 g/mol. The Balaban J connectivity index is 3.16. The lowest BCUT2D eigenvalue weighted by molar-refractivity contribution is -0.141. The fourth-order valence-electron chi connectivity index (χ4n) is 1.58. The van der Waals surface area contributed by atoms with E-state index >= 15 is 0 Å². The van der Waals surface area contributed by atoms with Crippen LogP contribution in [0.4, 0.5) is 0 Å². The fraction of sp³-hybridized carbons (Fsp3) is 0.688. The van der Waals surface area contributed by atoms with Gasteiger partial charge in [0, 0.05) is 6.92 Å². The highest BCUT2D eigenvalue weighted by Crippen LogP contribution is 2.03. The fourth-order valence-corrected chi connectivity index (χ4v) is 1.58. The number of hydrogen-bond donors (Lipinski definition) is 0. The number of carbonyl (C=O) groups is 1. The van der Waals surface area contributed by atoms with Gasteiger partial charge in [0.2, 0.25) is 0 Å². The predicted molar refractivity (Wildman–Crippen MR) is 77.5 cm³/mol. The van der Waals surface area contributed by atoms with Gasteiger partial charge in [-0.05, 0) is 44.9 Å². The third-order valence-electron chi connectivity index (χ3n) is 2.60. The summed E-state index contributed by atoms with van der Waals surface area (Å²) in [7, 11) is 0. The van der Waals surface area contributed by atoms with Crippen LogP contribution in [-0.4, -0.2) is 12.6 Å². The second-order valence-corrected chi connectivity index (χ2v) is 4.50. The van der Waals surface area contributed by atoms with Gasteiger partial charge in [-0.2, -0.15) is 0 Å². The molecule has 0 atom stereocenters. The molecule has 0 fully saturated rings. The molecule has 0 heterocycles. The maximum Gasteiger partial charge on any atom is 0.302 e. The third kappa shape index (κ3) is 14.9. The highest BCUT2D eigenvalue weighted by atomic mass is 16.5. The molecule has 18 heavy (non-hydrogen) atoms. The van der Waals surface area contributed by atoms with E-state index in [0.29, 0.717) is 6.61 Å². The smallest absolute Gasteiger partial charge is 0.302 e. The lowest BCUT2D eigenvalue weighted by Gasteiger charge is -1.98. The summed E-state index contributed by atoms with van der Waals surface area (Å²) < 4.78 is 4.85. The summed E-state index contributed by atoms with van der Waals surface area (Å²) >= 11 is 0. The first-order valence-electron chi connectivity index (χ1n) is 7.20. The van der Waals surface area contributed by atoms with Gasteiger partial charge in [-0.25, -0.2) is 0 Å². The molecule has 0 N–H and O–H groups in total. The second kappa shape index (κ2) is 14.0. The first kappa shape index (κ1) is 16.9. The predicted octanol–water partition coefficient (Wildman–Crippen LogP) is 4.80. The van der Waals surface area contributed by atoms with Gasteiger partial charge >= 0.3 is 5.97 Å². The molecule has 0 spiro atoms. The topological polar surface area (TPSA) is 26.3 Å². The lowest BCUT2D eigenvalue weighted by atomic mass is 10.1. The molecule has 0 rings (SSSR count). The van der Waals surface area contributed by atoms with Crippen LogP contribution in [-0.2, 0) is 9.53 Å². The molecule has 0 radical (unpaired) electrons. The standard InChI is InChI=1S/C16H28O2/c1-3-4-5-6-7-8-9-10-11-12-13-14-15-18-16(2)17/h5-6,11-12H,3-4,7-10,13-15H2,1-2H3. The first-order valence-corrected chi connectivity index (χ1v) is 7.20. The number of hydrogen-bond acceptors (Lipinski definition) is 2. The summed E-state index contributed by atoms with van der Waals surface area (Å²) in [6, 6.07) is 0. The molecule has 0 aromatic carbocycles. The lowest BCUT2D eigenvalue weighted by Crippen LogP contribution is -1.99. The van der Waals surface area contributed by atoms with Crippen molar-refractivity contribution in [1.29, 1.82) is 0 Å². The van der Waals surface area contributed by atoms with Gasteiger partial charge < -0.3 is 4.74 Å². The number of ether oxygens (including phenoxy) is 1. The van der Waals surface area contributed by atoms with Gasteiger partial charge in [0.25, 0.3) is 0 Å². The van der Waals surface area contributed by atoms with Gasteiger partial charge in [-0.15, -0.1) is 0 Å². The highest BCUT2D eigenvalue weighted by Gasteiger charge is 1.90. The summed E-state index contributed by atoms with van der Waals surface area (Å²) in [5, 5.41) is 0. The minimum Gasteiger partial charge on any atom is -0.466 e. The van der Waals surface area contributed by atoms with Crippen molar-refractivity contribution in [3.05, 3.63) is 24.3 Å². The zero-order chi connectivity index (χ0) is 13.5. The van der Waals surface area contributed by atoms with Crippen molar-refractivity contribution in [1.82, 2.24) is 0 Å². The molecule has 0 bridgehead atoms. The van der Waals surface area contributed by atoms with Crippen LogP contribution in [0.2, 0.25) is 0 Å². The molecule has 2 heteroatoms. The van der Waals surface area contributed by atoms with E-state index in [1.165, 1.54) is 39.0 Å². The van der Waals surface area contributed by atoms with E-state index < -0.39 is 0 Å². The maximum atomic E-state index is 10.5. The Morgan fingerprint density at radius 1 is 0.889 bits per heavy atom. The van der Waals surface area contributed by atoms with E-state index in [-0.39, 0.29) is 5.97 Å². The molecule has 0 aromatic heterocycles. The minimum absolute atomic E-state index is 0.185. The van der Waals surface area contributed by atoms with E-state index in [2.05, 4.69) is 31.2 Å². The Kier molecular flexibility index (Phi) is 13.2. The molecule has 0 aliphatic carbocycles. The Hall–Kier alpha value is -1.05. The number of allylic oxidation sites excluding steroid dienone is 4. The van der Waals surface area contributed by atoms with Crippen LogP contribution < -0.4 is 0 Å². The number of rotatable bonds is 11. The molecule has 104 valence electrons. The molecule has 2 nitrogen and oxygen atoms in total. The normalized spacial score (nSPS) is 11.4. The summed E-state index contributed by atoms with van der Waals surface area (Å²) in [5.74, 6) is -0.185. The summed E-state index contributed by atoms with van der Waals surface area (Å²) in [6.45, 7) is 4.20. The Morgan fingerprint density at radius 2 is 1.39 bits per heavy atom. The molecule has 0 aliphatic heterocycles. The largest absolute Gasteiger partial charge is 0.466 e. The first-order chi connectivity index (χ1) is 8.77. The van der Waals surface area contributed by atoms with Gasteiger partial charge in [-0.1, -0.05) is 37.6 Å². The van der Waals surface area contributed by atoms with Crippen LogP contribution in [0.3, 0.4) is 0 Å². The number of unbranched alkanes of at least 4 members (excludes halogenated alkanes) is 5. The van der Waals surface area contributed by atoms with Crippen LogP contribution in [0.5, 0.6) is 0 Å². The average Bonchev–Trinajstić information content (AvgIpc) is 2.34. The van der Waals surface area contributed by atoms with E-state index in [4.69, 9.17) is 4.74 Å². The molecule has 0 aliphatic rings. The Morgan fingerprint density at radius 3 is 1.89 bits per heavy atom. The summed E-state index contributed by atoms with van der Waals surface area (Å²) in [6.07, 6.45) is 18.3. The van der Waals surface area contributed by atoms with E-state index in [1.807, 2.05) is 0 Å². The number of esters is 1. The van der Waals surface area contributed by atoms with Crippen LogP contribution in [0.1, 0.15) is 65.2 Å². The van der Waals surface area contributed by atoms with Crippen molar-refractivity contribution in [2.24, 2.45) is 0 Å². The quantitative estimate of drug-likeness (QED) is 0.300. The average molecular weight is 252 g/mol. The molecule has 0 amide bonds. The van der Waals surface area contributed by atoms with Crippen molar-refractivity contribution in [3.63, 3.8) is 0 Å². The van der Waals surface area contributed by atoms with E-state index in [9.17, 15) is 4.79 Å².